The van der Waals surface area contributed by atoms with Gasteiger partial charge in [0, 0.05) is 11.4 Å². The zero-order valence-electron chi connectivity index (χ0n) is 17.4. The number of ether oxygens (including phenoxy) is 4. The Morgan fingerprint density at radius 1 is 1.07 bits per heavy atom. The number of benzene rings is 2. The summed E-state index contributed by atoms with van der Waals surface area (Å²) < 4.78 is 22.2. The standard InChI is InChI=1S/C22H27BO5/c1-22(2)9-8-13-10-14(6-7-16(13)28-22)20(24)19(23)15-11-17(25-3)21(27-5)18(12-15)26-4/h6-7,10-12,19H,8-9,23H2,1-5H3. The molecule has 0 aliphatic carbocycles. The lowest BCUT2D eigenvalue weighted by Gasteiger charge is -2.32. The molecule has 0 radical (unpaired) electrons. The first-order valence-corrected chi connectivity index (χ1v) is 9.45. The van der Waals surface area contributed by atoms with Crippen LogP contribution in [0, 0.1) is 0 Å². The van der Waals surface area contributed by atoms with Gasteiger partial charge in [-0.1, -0.05) is 0 Å². The van der Waals surface area contributed by atoms with Crippen LogP contribution in [0.5, 0.6) is 23.0 Å². The molecule has 28 heavy (non-hydrogen) atoms. The van der Waals surface area contributed by atoms with Crippen molar-refractivity contribution >= 4 is 13.6 Å². The molecule has 0 bridgehead atoms. The predicted octanol–water partition coefficient (Wildman–Crippen LogP) is 3.37. The number of hydrogen-bond acceptors (Lipinski definition) is 5. The molecular formula is C22H27BO5. The second kappa shape index (κ2) is 7.78. The van der Waals surface area contributed by atoms with Crippen molar-refractivity contribution in [3.8, 4) is 23.0 Å². The smallest absolute Gasteiger partial charge is 0.203 e. The number of aryl methyl sites for hydroxylation is 1. The summed E-state index contributed by atoms with van der Waals surface area (Å²) in [6, 6.07) is 9.37. The molecule has 1 aliphatic rings. The number of carbonyl (C=O) groups is 1. The lowest BCUT2D eigenvalue weighted by Crippen LogP contribution is -2.32. The van der Waals surface area contributed by atoms with E-state index in [4.69, 9.17) is 18.9 Å². The van der Waals surface area contributed by atoms with Crippen LogP contribution in [0.4, 0.5) is 0 Å². The Bertz CT molecular complexity index is 865. The Kier molecular flexibility index (Phi) is 5.59. The molecule has 0 aromatic heterocycles. The van der Waals surface area contributed by atoms with Crippen LogP contribution in [0.3, 0.4) is 0 Å². The number of carbonyl (C=O) groups excluding carboxylic acids is 1. The fraction of sp³-hybridized carbons (Fsp3) is 0.409. The maximum atomic E-state index is 13.2. The van der Waals surface area contributed by atoms with Gasteiger partial charge in [-0.05, 0) is 68.1 Å². The fourth-order valence-electron chi connectivity index (χ4n) is 3.56. The number of hydrogen-bond donors (Lipinski definition) is 0. The highest BCUT2D eigenvalue weighted by Crippen LogP contribution is 2.40. The molecule has 148 valence electrons. The minimum absolute atomic E-state index is 0.0434. The van der Waals surface area contributed by atoms with Crippen molar-refractivity contribution in [2.45, 2.75) is 38.1 Å². The summed E-state index contributed by atoms with van der Waals surface area (Å²) >= 11 is 0. The van der Waals surface area contributed by atoms with Gasteiger partial charge in [0.2, 0.25) is 5.75 Å². The zero-order valence-corrected chi connectivity index (χ0v) is 17.4. The molecule has 1 heterocycles. The summed E-state index contributed by atoms with van der Waals surface area (Å²) in [5.74, 6) is 2.15. The molecule has 0 saturated carbocycles. The molecule has 0 N–H and O–H groups in total. The minimum Gasteiger partial charge on any atom is -0.493 e. The third-order valence-corrected chi connectivity index (χ3v) is 5.31. The van der Waals surface area contributed by atoms with Crippen LogP contribution >= 0.6 is 0 Å². The minimum atomic E-state index is -0.354. The third kappa shape index (κ3) is 3.82. The molecule has 3 rings (SSSR count). The molecule has 2 aromatic rings. The first-order valence-electron chi connectivity index (χ1n) is 9.45. The summed E-state index contributed by atoms with van der Waals surface area (Å²) in [6.45, 7) is 4.17. The highest BCUT2D eigenvalue weighted by Gasteiger charge is 2.28. The van der Waals surface area contributed by atoms with Crippen molar-refractivity contribution in [1.29, 1.82) is 0 Å². The van der Waals surface area contributed by atoms with Gasteiger partial charge in [0.05, 0.1) is 21.3 Å². The molecule has 0 saturated heterocycles. The van der Waals surface area contributed by atoms with Crippen molar-refractivity contribution in [3.63, 3.8) is 0 Å². The number of fused-ring (bicyclic) bond motifs is 1. The average Bonchev–Trinajstić information content (AvgIpc) is 2.70. The van der Waals surface area contributed by atoms with E-state index >= 15 is 0 Å². The van der Waals surface area contributed by atoms with Gasteiger partial charge < -0.3 is 18.9 Å². The van der Waals surface area contributed by atoms with Gasteiger partial charge in [-0.25, -0.2) is 0 Å². The van der Waals surface area contributed by atoms with E-state index in [2.05, 4.69) is 13.8 Å². The van der Waals surface area contributed by atoms with Gasteiger partial charge in [-0.15, -0.1) is 0 Å². The van der Waals surface area contributed by atoms with Crippen molar-refractivity contribution < 1.29 is 23.7 Å². The number of ketones is 1. The summed E-state index contributed by atoms with van der Waals surface area (Å²) in [5, 5.41) is 0. The normalized spacial score (nSPS) is 15.8. The van der Waals surface area contributed by atoms with Crippen molar-refractivity contribution in [2.75, 3.05) is 21.3 Å². The van der Waals surface area contributed by atoms with Gasteiger partial charge in [0.25, 0.3) is 0 Å². The number of Topliss-reactive ketones (excluding diaryl/α,β-unsaturated/α-hetero) is 1. The highest BCUT2D eigenvalue weighted by molar-refractivity contribution is 6.28. The van der Waals surface area contributed by atoms with Crippen molar-refractivity contribution in [1.82, 2.24) is 0 Å². The molecule has 0 spiro atoms. The van der Waals surface area contributed by atoms with E-state index in [1.54, 1.807) is 21.3 Å². The van der Waals surface area contributed by atoms with E-state index in [0.717, 1.165) is 29.7 Å². The summed E-state index contributed by atoms with van der Waals surface area (Å²) in [5.41, 5.74) is 2.42. The van der Waals surface area contributed by atoms with Crippen LogP contribution in [0.2, 0.25) is 0 Å². The molecule has 0 fully saturated rings. The van der Waals surface area contributed by atoms with Crippen LogP contribution in [0.1, 0.15) is 47.6 Å². The Labute approximate surface area is 167 Å². The molecule has 1 unspecified atom stereocenters. The van der Waals surface area contributed by atoms with Crippen LogP contribution in [0.15, 0.2) is 30.3 Å². The van der Waals surface area contributed by atoms with E-state index in [9.17, 15) is 4.79 Å². The zero-order chi connectivity index (χ0) is 20.5. The molecule has 6 heteroatoms. The Morgan fingerprint density at radius 3 is 2.29 bits per heavy atom. The molecule has 5 nitrogen and oxygen atoms in total. The van der Waals surface area contributed by atoms with Gasteiger partial charge in [-0.2, -0.15) is 0 Å². The first kappa shape index (κ1) is 20.1. The van der Waals surface area contributed by atoms with Crippen LogP contribution < -0.4 is 18.9 Å². The van der Waals surface area contributed by atoms with E-state index in [1.807, 2.05) is 38.2 Å². The quantitative estimate of drug-likeness (QED) is 0.567. The lowest BCUT2D eigenvalue weighted by atomic mass is 9.75. The monoisotopic (exact) mass is 382 g/mol. The van der Waals surface area contributed by atoms with Gasteiger partial charge in [-0.3, -0.25) is 4.79 Å². The van der Waals surface area contributed by atoms with Gasteiger partial charge in [0.1, 0.15) is 19.2 Å². The second-order valence-corrected chi connectivity index (χ2v) is 7.73. The van der Waals surface area contributed by atoms with E-state index in [-0.39, 0.29) is 17.2 Å². The first-order chi connectivity index (χ1) is 13.3. The highest BCUT2D eigenvalue weighted by atomic mass is 16.5. The predicted molar refractivity (Wildman–Crippen MR) is 111 cm³/mol. The van der Waals surface area contributed by atoms with Crippen LogP contribution in [-0.4, -0.2) is 40.6 Å². The Balaban J connectivity index is 1.91. The van der Waals surface area contributed by atoms with Gasteiger partial charge in [0.15, 0.2) is 17.3 Å². The fourth-order valence-corrected chi connectivity index (χ4v) is 3.56. The molecule has 1 atom stereocenters. The van der Waals surface area contributed by atoms with E-state index in [0.29, 0.717) is 22.8 Å². The molecule has 0 amide bonds. The number of methoxy groups -OCH3 is 3. The largest absolute Gasteiger partial charge is 0.493 e. The van der Waals surface area contributed by atoms with Crippen molar-refractivity contribution in [2.24, 2.45) is 0 Å². The molecule has 1 aliphatic heterocycles. The summed E-state index contributed by atoms with van der Waals surface area (Å²) in [4.78, 5) is 13.2. The Morgan fingerprint density at radius 2 is 1.71 bits per heavy atom. The van der Waals surface area contributed by atoms with E-state index < -0.39 is 0 Å². The van der Waals surface area contributed by atoms with Crippen LogP contribution in [0.25, 0.3) is 0 Å². The van der Waals surface area contributed by atoms with Crippen LogP contribution in [-0.2, 0) is 6.42 Å². The number of rotatable bonds is 6. The topological polar surface area (TPSA) is 54.0 Å². The average molecular weight is 382 g/mol. The molecular weight excluding hydrogens is 355 g/mol. The van der Waals surface area contributed by atoms with E-state index in [1.165, 1.54) is 0 Å². The third-order valence-electron chi connectivity index (χ3n) is 5.31. The molecule has 2 aromatic carbocycles. The summed E-state index contributed by atoms with van der Waals surface area (Å²) in [7, 11) is 6.59. The maximum absolute atomic E-state index is 13.2. The SMILES string of the molecule is BC(C(=O)c1ccc2c(c1)CCC(C)(C)O2)c1cc(OC)c(OC)c(OC)c1. The second-order valence-electron chi connectivity index (χ2n) is 7.73. The van der Waals surface area contributed by atoms with Gasteiger partial charge >= 0.3 is 0 Å². The maximum Gasteiger partial charge on any atom is 0.203 e. The summed E-state index contributed by atoms with van der Waals surface area (Å²) in [6.07, 6.45) is 1.84. The Hall–Kier alpha value is -2.63. The lowest BCUT2D eigenvalue weighted by molar-refractivity contribution is 0.0846. The van der Waals surface area contributed by atoms with Crippen molar-refractivity contribution in [3.05, 3.63) is 47.0 Å².